The van der Waals surface area contributed by atoms with Crippen molar-refractivity contribution in [1.29, 1.82) is 0 Å². The number of amides is 1. The molecule has 7 nitrogen and oxygen atoms in total. The molecule has 0 aliphatic heterocycles. The number of rotatable bonds is 2. The van der Waals surface area contributed by atoms with E-state index < -0.39 is 0 Å². The Hall–Kier alpha value is -3.63. The summed E-state index contributed by atoms with van der Waals surface area (Å²) < 4.78 is 0. The number of nitrogens with zero attached hydrogens (tertiary/aromatic N) is 3. The Bertz CT molecular complexity index is 1120. The Kier molecular flexibility index (Phi) is 5.43. The third kappa shape index (κ3) is 4.03. The van der Waals surface area contributed by atoms with Crippen LogP contribution in [0.1, 0.15) is 27.2 Å². The minimum Gasteiger partial charge on any atom is -0.384 e. The van der Waals surface area contributed by atoms with Gasteiger partial charge < -0.3 is 16.8 Å². The second-order valence-electron chi connectivity index (χ2n) is 5.89. The Morgan fingerprint density at radius 2 is 1.93 bits per heavy atom. The van der Waals surface area contributed by atoms with Crippen molar-refractivity contribution in [3.63, 3.8) is 0 Å². The Morgan fingerprint density at radius 1 is 1.14 bits per heavy atom. The van der Waals surface area contributed by atoms with E-state index in [1.165, 1.54) is 7.05 Å². The zero-order valence-electron chi connectivity index (χ0n) is 15.2. The van der Waals surface area contributed by atoms with Gasteiger partial charge in [0.2, 0.25) is 5.95 Å². The number of aromatic nitrogens is 3. The van der Waals surface area contributed by atoms with Gasteiger partial charge in [-0.1, -0.05) is 29.5 Å². The van der Waals surface area contributed by atoms with Crippen LogP contribution in [0.3, 0.4) is 0 Å². The number of carbonyl (C=O) groups excluding carboxylic acids is 1. The van der Waals surface area contributed by atoms with Gasteiger partial charge in [-0.25, -0.2) is 15.0 Å². The summed E-state index contributed by atoms with van der Waals surface area (Å²) in [4.78, 5) is 24.6. The first kappa shape index (κ1) is 19.1. The number of nitrogen functional groups attached to an aromatic ring is 2. The van der Waals surface area contributed by atoms with E-state index in [0.29, 0.717) is 44.5 Å². The molecule has 3 rings (SSSR count). The van der Waals surface area contributed by atoms with E-state index in [1.807, 2.05) is 0 Å². The average molecular weight is 393 g/mol. The number of carbonyl (C=O) groups is 1. The van der Waals surface area contributed by atoms with Gasteiger partial charge in [-0.05, 0) is 31.2 Å². The summed E-state index contributed by atoms with van der Waals surface area (Å²) in [5.41, 5.74) is 14.9. The Morgan fingerprint density at radius 3 is 2.61 bits per heavy atom. The molecule has 1 aromatic carbocycles. The molecule has 2 heterocycles. The Balaban J connectivity index is 2.15. The molecule has 2 aromatic heterocycles. The second kappa shape index (κ2) is 7.94. The minimum absolute atomic E-state index is 0.114. The summed E-state index contributed by atoms with van der Waals surface area (Å²) in [6, 6.07) is 8.49. The van der Waals surface area contributed by atoms with Crippen molar-refractivity contribution >= 4 is 29.3 Å². The predicted octanol–water partition coefficient (Wildman–Crippen LogP) is 2.42. The van der Waals surface area contributed by atoms with Crippen LogP contribution in [0.25, 0.3) is 11.3 Å². The third-order valence-corrected chi connectivity index (χ3v) is 4.27. The van der Waals surface area contributed by atoms with Gasteiger partial charge in [-0.15, -0.1) is 0 Å². The molecular formula is C20H17ClN6O. The van der Waals surface area contributed by atoms with Gasteiger partial charge in [-0.2, -0.15) is 0 Å². The van der Waals surface area contributed by atoms with Crippen LogP contribution in [0.2, 0.25) is 5.02 Å². The number of aryl methyl sites for hydroxylation is 1. The average Bonchev–Trinajstić information content (AvgIpc) is 2.68. The summed E-state index contributed by atoms with van der Waals surface area (Å²) in [6.45, 7) is 1.79. The number of anilines is 2. The van der Waals surface area contributed by atoms with Gasteiger partial charge in [0.15, 0.2) is 0 Å². The molecule has 0 saturated carbocycles. The molecule has 0 aliphatic carbocycles. The number of benzene rings is 1. The number of hydrogen-bond acceptors (Lipinski definition) is 6. The first-order valence-electron chi connectivity index (χ1n) is 8.28. The molecule has 28 heavy (non-hydrogen) atoms. The highest BCUT2D eigenvalue weighted by atomic mass is 35.5. The van der Waals surface area contributed by atoms with Gasteiger partial charge in [0, 0.05) is 24.4 Å². The highest BCUT2D eigenvalue weighted by Gasteiger charge is 2.15. The van der Waals surface area contributed by atoms with Crippen molar-refractivity contribution in [1.82, 2.24) is 20.3 Å². The van der Waals surface area contributed by atoms with Crippen LogP contribution in [0, 0.1) is 18.8 Å². The third-order valence-electron chi connectivity index (χ3n) is 3.94. The van der Waals surface area contributed by atoms with Crippen molar-refractivity contribution in [2.24, 2.45) is 0 Å². The molecular weight excluding hydrogens is 376 g/mol. The lowest BCUT2D eigenvalue weighted by Gasteiger charge is -2.10. The van der Waals surface area contributed by atoms with Crippen molar-refractivity contribution < 1.29 is 4.79 Å². The highest BCUT2D eigenvalue weighted by molar-refractivity contribution is 6.34. The van der Waals surface area contributed by atoms with E-state index >= 15 is 0 Å². The topological polar surface area (TPSA) is 120 Å². The molecule has 5 N–H and O–H groups in total. The molecule has 0 bridgehead atoms. The maximum absolute atomic E-state index is 12.1. The fourth-order valence-corrected chi connectivity index (χ4v) is 2.75. The molecule has 0 atom stereocenters. The minimum atomic E-state index is -0.300. The van der Waals surface area contributed by atoms with Crippen molar-refractivity contribution in [2.45, 2.75) is 6.92 Å². The Labute approximate surface area is 167 Å². The lowest BCUT2D eigenvalue weighted by atomic mass is 10.0. The SMILES string of the molecule is CNC(=O)c1cc(-c2nc(N)nc(C)c2C#Cc2ccc(N)nc2)ccc1Cl. The molecule has 0 saturated heterocycles. The molecule has 140 valence electrons. The van der Waals surface area contributed by atoms with Crippen LogP contribution in [0.4, 0.5) is 11.8 Å². The van der Waals surface area contributed by atoms with Crippen LogP contribution >= 0.6 is 11.6 Å². The lowest BCUT2D eigenvalue weighted by molar-refractivity contribution is 0.0963. The monoisotopic (exact) mass is 392 g/mol. The van der Waals surface area contributed by atoms with Crippen LogP contribution in [-0.4, -0.2) is 27.9 Å². The van der Waals surface area contributed by atoms with Gasteiger partial charge in [-0.3, -0.25) is 4.79 Å². The number of pyridine rings is 1. The van der Waals surface area contributed by atoms with Crippen molar-refractivity contribution in [3.05, 3.63) is 63.9 Å². The molecule has 0 aliphatic rings. The zero-order valence-corrected chi connectivity index (χ0v) is 16.0. The van der Waals surface area contributed by atoms with E-state index in [1.54, 1.807) is 43.5 Å². The van der Waals surface area contributed by atoms with Crippen molar-refractivity contribution in [3.8, 4) is 23.1 Å². The predicted molar refractivity (Wildman–Crippen MR) is 110 cm³/mol. The largest absolute Gasteiger partial charge is 0.384 e. The van der Waals surface area contributed by atoms with Gasteiger partial charge in [0.05, 0.1) is 27.5 Å². The standard InChI is InChI=1S/C20H17ClN6O/c1-11-14(6-3-12-4-8-17(22)25-10-12)18(27-20(23)26-11)13-5-7-16(21)15(9-13)19(28)24-2/h4-5,7-10H,1-2H3,(H2,22,25)(H,24,28)(H2,23,26,27). The molecule has 8 heteroatoms. The van der Waals surface area contributed by atoms with E-state index in [4.69, 9.17) is 23.1 Å². The summed E-state index contributed by atoms with van der Waals surface area (Å²) in [6.07, 6.45) is 1.58. The van der Waals surface area contributed by atoms with E-state index in [2.05, 4.69) is 32.1 Å². The summed E-state index contributed by atoms with van der Waals surface area (Å²) in [7, 11) is 1.54. The van der Waals surface area contributed by atoms with E-state index in [9.17, 15) is 4.79 Å². The summed E-state index contributed by atoms with van der Waals surface area (Å²) in [5.74, 6) is 6.33. The highest BCUT2D eigenvalue weighted by Crippen LogP contribution is 2.28. The van der Waals surface area contributed by atoms with Crippen molar-refractivity contribution in [2.75, 3.05) is 18.5 Å². The first-order chi connectivity index (χ1) is 13.4. The molecule has 3 aromatic rings. The fraction of sp³-hybridized carbons (Fsp3) is 0.100. The normalized spacial score (nSPS) is 10.1. The molecule has 0 unspecified atom stereocenters. The number of nitrogens with two attached hydrogens (primary N) is 2. The molecule has 0 radical (unpaired) electrons. The number of hydrogen-bond donors (Lipinski definition) is 3. The van der Waals surface area contributed by atoms with E-state index in [-0.39, 0.29) is 11.9 Å². The molecule has 0 spiro atoms. The van der Waals surface area contributed by atoms with Gasteiger partial charge >= 0.3 is 0 Å². The van der Waals surface area contributed by atoms with Gasteiger partial charge in [0.1, 0.15) is 5.82 Å². The van der Waals surface area contributed by atoms with E-state index in [0.717, 1.165) is 0 Å². The smallest absolute Gasteiger partial charge is 0.252 e. The summed E-state index contributed by atoms with van der Waals surface area (Å²) in [5, 5.41) is 2.90. The van der Waals surface area contributed by atoms with Gasteiger partial charge in [0.25, 0.3) is 5.91 Å². The second-order valence-corrected chi connectivity index (χ2v) is 6.29. The molecule has 0 fully saturated rings. The summed E-state index contributed by atoms with van der Waals surface area (Å²) >= 11 is 6.15. The van der Waals surface area contributed by atoms with Crippen LogP contribution in [0.15, 0.2) is 36.5 Å². The number of halogens is 1. The number of nitrogens with one attached hydrogen (secondary N) is 1. The maximum Gasteiger partial charge on any atom is 0.252 e. The van der Waals surface area contributed by atoms with Crippen LogP contribution < -0.4 is 16.8 Å². The van der Waals surface area contributed by atoms with Crippen LogP contribution in [0.5, 0.6) is 0 Å². The maximum atomic E-state index is 12.1. The quantitative estimate of drug-likeness (QED) is 0.576. The zero-order chi connectivity index (χ0) is 20.3. The molecule has 1 amide bonds. The first-order valence-corrected chi connectivity index (χ1v) is 8.66. The lowest BCUT2D eigenvalue weighted by Crippen LogP contribution is -2.18. The fourth-order valence-electron chi connectivity index (χ4n) is 2.55. The van der Waals surface area contributed by atoms with Crippen LogP contribution in [-0.2, 0) is 0 Å².